The molecule has 0 aliphatic rings. The number of hydrogen-bond acceptors (Lipinski definition) is 6. The van der Waals surface area contributed by atoms with Crippen LogP contribution in [-0.2, 0) is 6.54 Å². The second-order valence-corrected chi connectivity index (χ2v) is 7.84. The monoisotopic (exact) mass is 430 g/mol. The lowest BCUT2D eigenvalue weighted by Crippen LogP contribution is -2.21. The van der Waals surface area contributed by atoms with Gasteiger partial charge < -0.3 is 10.1 Å². The van der Waals surface area contributed by atoms with E-state index < -0.39 is 0 Å². The summed E-state index contributed by atoms with van der Waals surface area (Å²) in [7, 11) is 1.53. The Morgan fingerprint density at radius 3 is 2.74 bits per heavy atom. The zero-order valence-corrected chi connectivity index (χ0v) is 17.7. The van der Waals surface area contributed by atoms with Crippen LogP contribution in [0.25, 0.3) is 10.2 Å². The van der Waals surface area contributed by atoms with Crippen LogP contribution >= 0.6 is 11.3 Å². The zero-order valence-electron chi connectivity index (χ0n) is 16.9. The number of aryl methyl sites for hydroxylation is 1. The van der Waals surface area contributed by atoms with Gasteiger partial charge in [-0.3, -0.25) is 14.2 Å². The van der Waals surface area contributed by atoms with Gasteiger partial charge in [0.05, 0.1) is 47.6 Å². The first-order chi connectivity index (χ1) is 15.0. The van der Waals surface area contributed by atoms with Crippen LogP contribution in [0.1, 0.15) is 26.4 Å². The Morgan fingerprint density at radius 2 is 1.97 bits per heavy atom. The average molecular weight is 430 g/mol. The fourth-order valence-corrected chi connectivity index (χ4v) is 4.40. The summed E-state index contributed by atoms with van der Waals surface area (Å²) in [4.78, 5) is 31.4. The summed E-state index contributed by atoms with van der Waals surface area (Å²) in [5, 5.41) is 12.6. The third-order valence-corrected chi connectivity index (χ3v) is 6.16. The molecule has 4 aromatic rings. The van der Waals surface area contributed by atoms with Gasteiger partial charge in [-0.1, -0.05) is 30.3 Å². The molecule has 4 rings (SSSR count). The lowest BCUT2D eigenvalue weighted by Gasteiger charge is -2.09. The fraction of sp³-hybridized carbons (Fsp3) is 0.130. The summed E-state index contributed by atoms with van der Waals surface area (Å²) in [5.41, 5.74) is 2.12. The number of hydrogen-bond donors (Lipinski definition) is 1. The van der Waals surface area contributed by atoms with Gasteiger partial charge in [0, 0.05) is 0 Å². The molecule has 0 aliphatic carbocycles. The second kappa shape index (κ2) is 8.42. The summed E-state index contributed by atoms with van der Waals surface area (Å²) in [6.45, 7) is 1.97. The van der Waals surface area contributed by atoms with E-state index >= 15 is 0 Å². The molecule has 0 spiro atoms. The number of anilines is 1. The number of para-hydroxylation sites is 2. The number of nitrogens with one attached hydrogen (secondary N) is 1. The number of carbonyl (C=O) groups is 1. The van der Waals surface area contributed by atoms with E-state index in [2.05, 4.69) is 16.4 Å². The van der Waals surface area contributed by atoms with Crippen LogP contribution in [0.2, 0.25) is 0 Å². The Morgan fingerprint density at radius 1 is 1.23 bits per heavy atom. The maximum absolute atomic E-state index is 13.1. The average Bonchev–Trinajstić information content (AvgIpc) is 3.13. The summed E-state index contributed by atoms with van der Waals surface area (Å²) < 4.78 is 6.74. The van der Waals surface area contributed by atoms with Crippen LogP contribution in [0.15, 0.2) is 59.7 Å². The molecule has 0 saturated carbocycles. The topological polar surface area (TPSA) is 97.0 Å². The van der Waals surface area contributed by atoms with Crippen LogP contribution in [0.4, 0.5) is 5.69 Å². The number of thiophene rings is 1. The number of nitriles is 1. The van der Waals surface area contributed by atoms with Crippen LogP contribution in [0, 0.1) is 18.3 Å². The minimum Gasteiger partial charge on any atom is -0.495 e. The molecule has 0 saturated heterocycles. The molecule has 0 atom stereocenters. The first kappa shape index (κ1) is 20.3. The van der Waals surface area contributed by atoms with Gasteiger partial charge in [0.15, 0.2) is 0 Å². The van der Waals surface area contributed by atoms with Crippen molar-refractivity contribution in [2.24, 2.45) is 0 Å². The molecule has 8 heteroatoms. The van der Waals surface area contributed by atoms with Crippen molar-refractivity contribution in [2.45, 2.75) is 13.5 Å². The molecule has 0 radical (unpaired) electrons. The van der Waals surface area contributed by atoms with Crippen molar-refractivity contribution >= 4 is 33.1 Å². The predicted octanol–water partition coefficient (Wildman–Crippen LogP) is 3.95. The standard InChI is InChI=1S/C23H18N4O3S/c1-14-19-22(31-20(14)21(28)26-17-9-5-6-10-18(17)30-2)25-13-27(23(19)29)12-16-8-4-3-7-15(16)11-24/h3-10,13H,12H2,1-2H3,(H,26,28). The first-order valence-electron chi connectivity index (χ1n) is 9.44. The summed E-state index contributed by atoms with van der Waals surface area (Å²) in [5.74, 6) is 0.219. The van der Waals surface area contributed by atoms with Crippen LogP contribution in [-0.4, -0.2) is 22.6 Å². The molecule has 0 fully saturated rings. The van der Waals surface area contributed by atoms with Crippen LogP contribution < -0.4 is 15.6 Å². The first-order valence-corrected chi connectivity index (χ1v) is 10.3. The highest BCUT2D eigenvalue weighted by Gasteiger charge is 2.20. The van der Waals surface area contributed by atoms with Gasteiger partial charge in [-0.2, -0.15) is 5.26 Å². The van der Waals surface area contributed by atoms with Gasteiger partial charge in [-0.15, -0.1) is 11.3 Å². The molecule has 0 bridgehead atoms. The van der Waals surface area contributed by atoms with E-state index in [-0.39, 0.29) is 18.0 Å². The molecule has 2 heterocycles. The van der Waals surface area contributed by atoms with E-state index in [4.69, 9.17) is 4.74 Å². The number of nitrogens with zero attached hydrogens (tertiary/aromatic N) is 3. The highest BCUT2D eigenvalue weighted by molar-refractivity contribution is 7.20. The summed E-state index contributed by atoms with van der Waals surface area (Å²) >= 11 is 1.17. The van der Waals surface area contributed by atoms with Crippen molar-refractivity contribution in [1.82, 2.24) is 9.55 Å². The van der Waals surface area contributed by atoms with Gasteiger partial charge in [0.2, 0.25) is 0 Å². The summed E-state index contributed by atoms with van der Waals surface area (Å²) in [6.07, 6.45) is 1.46. The lowest BCUT2D eigenvalue weighted by molar-refractivity contribution is 0.102. The zero-order chi connectivity index (χ0) is 22.0. The molecular formula is C23H18N4O3S. The Hall–Kier alpha value is -3.96. The number of fused-ring (bicyclic) bond motifs is 1. The maximum atomic E-state index is 13.1. The number of ether oxygens (including phenoxy) is 1. The second-order valence-electron chi connectivity index (χ2n) is 6.84. The van der Waals surface area contributed by atoms with E-state index in [1.807, 2.05) is 18.2 Å². The van der Waals surface area contributed by atoms with E-state index in [0.717, 1.165) is 5.56 Å². The van der Waals surface area contributed by atoms with E-state index in [0.29, 0.717) is 37.7 Å². The molecule has 7 nitrogen and oxygen atoms in total. The third-order valence-electron chi connectivity index (χ3n) is 4.96. The van der Waals surface area contributed by atoms with Crippen molar-refractivity contribution in [2.75, 3.05) is 12.4 Å². The normalized spacial score (nSPS) is 10.6. The SMILES string of the molecule is COc1ccccc1NC(=O)c1sc2ncn(Cc3ccccc3C#N)c(=O)c2c1C. The van der Waals surface area contributed by atoms with Crippen molar-refractivity contribution < 1.29 is 9.53 Å². The number of aromatic nitrogens is 2. The molecule has 1 amide bonds. The largest absolute Gasteiger partial charge is 0.495 e. The molecule has 31 heavy (non-hydrogen) atoms. The maximum Gasteiger partial charge on any atom is 0.266 e. The minimum atomic E-state index is -0.328. The molecule has 2 aromatic carbocycles. The van der Waals surface area contributed by atoms with Crippen LogP contribution in [0.5, 0.6) is 5.75 Å². The highest BCUT2D eigenvalue weighted by Crippen LogP contribution is 2.29. The lowest BCUT2D eigenvalue weighted by atomic mass is 10.1. The number of amides is 1. The smallest absolute Gasteiger partial charge is 0.266 e. The van der Waals surface area contributed by atoms with Gasteiger partial charge in [-0.05, 0) is 36.2 Å². The number of rotatable bonds is 5. The molecule has 0 aliphatic heterocycles. The van der Waals surface area contributed by atoms with Crippen molar-refractivity contribution in [3.8, 4) is 11.8 Å². The molecule has 0 unspecified atom stereocenters. The molecule has 154 valence electrons. The Labute approximate surface area is 182 Å². The van der Waals surface area contributed by atoms with Gasteiger partial charge in [-0.25, -0.2) is 4.98 Å². The predicted molar refractivity (Wildman–Crippen MR) is 120 cm³/mol. The minimum absolute atomic E-state index is 0.226. The Balaban J connectivity index is 1.71. The number of benzene rings is 2. The van der Waals surface area contributed by atoms with E-state index in [1.54, 1.807) is 37.3 Å². The Bertz CT molecular complexity index is 1400. The van der Waals surface area contributed by atoms with Crippen molar-refractivity contribution in [1.29, 1.82) is 5.26 Å². The fourth-order valence-electron chi connectivity index (χ4n) is 3.37. The quantitative estimate of drug-likeness (QED) is 0.517. The van der Waals surface area contributed by atoms with Crippen molar-refractivity contribution in [3.63, 3.8) is 0 Å². The Kier molecular flexibility index (Phi) is 5.52. The van der Waals surface area contributed by atoms with Crippen molar-refractivity contribution in [3.05, 3.63) is 86.8 Å². The molecular weight excluding hydrogens is 412 g/mol. The van der Waals surface area contributed by atoms with Gasteiger partial charge in [0.25, 0.3) is 11.5 Å². The molecule has 1 N–H and O–H groups in total. The molecule has 2 aromatic heterocycles. The highest BCUT2D eigenvalue weighted by atomic mass is 32.1. The summed E-state index contributed by atoms with van der Waals surface area (Å²) in [6, 6.07) is 16.4. The van der Waals surface area contributed by atoms with E-state index in [9.17, 15) is 14.9 Å². The van der Waals surface area contributed by atoms with Gasteiger partial charge in [0.1, 0.15) is 10.6 Å². The third kappa shape index (κ3) is 3.79. The van der Waals surface area contributed by atoms with E-state index in [1.165, 1.54) is 29.3 Å². The number of methoxy groups -OCH3 is 1. The van der Waals surface area contributed by atoms with Crippen LogP contribution in [0.3, 0.4) is 0 Å². The van der Waals surface area contributed by atoms with Gasteiger partial charge >= 0.3 is 0 Å². The number of carbonyl (C=O) groups excluding carboxylic acids is 1.